The second-order valence-corrected chi connectivity index (χ2v) is 4.07. The Kier molecular flexibility index (Phi) is 3.40. The Bertz CT molecular complexity index is 437. The van der Waals surface area contributed by atoms with E-state index in [4.69, 9.17) is 10.5 Å². The molecule has 92 valence electrons. The van der Waals surface area contributed by atoms with Crippen LogP contribution in [0.1, 0.15) is 5.56 Å². The van der Waals surface area contributed by atoms with Gasteiger partial charge in [0.05, 0.1) is 6.61 Å². The molecule has 1 atom stereocenters. The number of benzene rings is 1. The summed E-state index contributed by atoms with van der Waals surface area (Å²) in [6, 6.07) is 3.79. The summed E-state index contributed by atoms with van der Waals surface area (Å²) < 4.78 is 18.0. The molecule has 4 nitrogen and oxygen atoms in total. The number of carbonyl (C=O) groups is 1. The predicted molar refractivity (Wildman–Crippen MR) is 62.3 cm³/mol. The van der Waals surface area contributed by atoms with Gasteiger partial charge in [0.2, 0.25) is 5.91 Å². The topological polar surface area (TPSA) is 55.6 Å². The zero-order valence-corrected chi connectivity index (χ0v) is 9.65. The van der Waals surface area contributed by atoms with E-state index in [0.717, 1.165) is 12.0 Å². The monoisotopic (exact) mass is 238 g/mol. The van der Waals surface area contributed by atoms with Crippen LogP contribution in [0.4, 0.5) is 10.1 Å². The van der Waals surface area contributed by atoms with Gasteiger partial charge < -0.3 is 15.4 Å². The number of nitrogens with zero attached hydrogens (tertiary/aromatic N) is 1. The zero-order chi connectivity index (χ0) is 12.4. The summed E-state index contributed by atoms with van der Waals surface area (Å²) in [5.41, 5.74) is 7.30. The largest absolute Gasteiger partial charge is 0.383 e. The lowest BCUT2D eigenvalue weighted by molar-refractivity contribution is -0.120. The molecular formula is C12H15FN2O2. The fraction of sp³-hybridized carbons (Fsp3) is 0.417. The van der Waals surface area contributed by atoms with Crippen molar-refractivity contribution in [3.05, 3.63) is 29.6 Å². The number of hydrogen-bond donors (Lipinski definition) is 1. The maximum Gasteiger partial charge on any atom is 0.246 e. The van der Waals surface area contributed by atoms with Gasteiger partial charge in [-0.1, -0.05) is 6.07 Å². The van der Waals surface area contributed by atoms with Crippen molar-refractivity contribution in [3.8, 4) is 0 Å². The Morgan fingerprint density at radius 1 is 1.65 bits per heavy atom. The first-order chi connectivity index (χ1) is 8.13. The van der Waals surface area contributed by atoms with Crippen LogP contribution < -0.4 is 10.6 Å². The van der Waals surface area contributed by atoms with E-state index in [9.17, 15) is 9.18 Å². The molecule has 1 aromatic rings. The molecule has 1 aromatic carbocycles. The fourth-order valence-corrected chi connectivity index (χ4v) is 2.03. The fourth-order valence-electron chi connectivity index (χ4n) is 2.03. The number of rotatable bonds is 3. The second kappa shape index (κ2) is 4.81. The highest BCUT2D eigenvalue weighted by atomic mass is 19.1. The summed E-state index contributed by atoms with van der Waals surface area (Å²) in [5.74, 6) is -0.569. The molecule has 0 saturated carbocycles. The summed E-state index contributed by atoms with van der Waals surface area (Å²) in [7, 11) is 1.49. The number of fused-ring (bicyclic) bond motifs is 1. The van der Waals surface area contributed by atoms with Gasteiger partial charge in [0.25, 0.3) is 0 Å². The van der Waals surface area contributed by atoms with E-state index in [0.29, 0.717) is 12.2 Å². The van der Waals surface area contributed by atoms with E-state index in [1.165, 1.54) is 24.1 Å². The maximum atomic E-state index is 13.2. The van der Waals surface area contributed by atoms with Crippen molar-refractivity contribution in [2.45, 2.75) is 12.5 Å². The van der Waals surface area contributed by atoms with E-state index in [1.54, 1.807) is 6.07 Å². The van der Waals surface area contributed by atoms with Crippen molar-refractivity contribution in [3.63, 3.8) is 0 Å². The Balaban J connectivity index is 2.21. The van der Waals surface area contributed by atoms with Crippen LogP contribution >= 0.6 is 0 Å². The van der Waals surface area contributed by atoms with Gasteiger partial charge in [0, 0.05) is 19.3 Å². The third kappa shape index (κ3) is 2.30. The molecule has 0 spiro atoms. The van der Waals surface area contributed by atoms with Crippen LogP contribution in [0.2, 0.25) is 0 Å². The summed E-state index contributed by atoms with van der Waals surface area (Å²) in [6.45, 7) is 0.717. The number of anilines is 1. The van der Waals surface area contributed by atoms with Gasteiger partial charge in [-0.2, -0.15) is 0 Å². The van der Waals surface area contributed by atoms with Crippen LogP contribution in [0, 0.1) is 5.82 Å². The average Bonchev–Trinajstić information content (AvgIpc) is 2.71. The molecule has 0 aliphatic carbocycles. The molecule has 2 rings (SSSR count). The van der Waals surface area contributed by atoms with Crippen molar-refractivity contribution in [2.75, 3.05) is 25.2 Å². The van der Waals surface area contributed by atoms with E-state index < -0.39 is 6.04 Å². The van der Waals surface area contributed by atoms with Gasteiger partial charge in [-0.3, -0.25) is 4.79 Å². The van der Waals surface area contributed by atoms with Crippen LogP contribution in [-0.2, 0) is 16.0 Å². The standard InChI is InChI=1S/C12H15FN2O2/c1-17-7-10(14)12(16)15-5-4-8-2-3-9(13)6-11(8)15/h2-3,6,10H,4-5,7,14H2,1H3. The number of halogens is 1. The van der Waals surface area contributed by atoms with Crippen molar-refractivity contribution in [2.24, 2.45) is 5.73 Å². The third-order valence-corrected chi connectivity index (χ3v) is 2.87. The molecule has 17 heavy (non-hydrogen) atoms. The highest BCUT2D eigenvalue weighted by molar-refractivity contribution is 5.98. The van der Waals surface area contributed by atoms with E-state index in [-0.39, 0.29) is 18.3 Å². The predicted octanol–water partition coefficient (Wildman–Crippen LogP) is 0.689. The highest BCUT2D eigenvalue weighted by Crippen LogP contribution is 2.28. The highest BCUT2D eigenvalue weighted by Gasteiger charge is 2.28. The number of amides is 1. The van der Waals surface area contributed by atoms with Crippen molar-refractivity contribution in [1.29, 1.82) is 0 Å². The quantitative estimate of drug-likeness (QED) is 0.842. The van der Waals surface area contributed by atoms with E-state index in [1.807, 2.05) is 0 Å². The normalized spacial score (nSPS) is 15.8. The molecule has 0 fully saturated rings. The van der Waals surface area contributed by atoms with Crippen LogP contribution in [-0.4, -0.2) is 32.2 Å². The minimum Gasteiger partial charge on any atom is -0.383 e. The molecule has 1 heterocycles. The first-order valence-corrected chi connectivity index (χ1v) is 5.48. The second-order valence-electron chi connectivity index (χ2n) is 4.07. The first kappa shape index (κ1) is 12.0. The van der Waals surface area contributed by atoms with E-state index in [2.05, 4.69) is 0 Å². The summed E-state index contributed by atoms with van der Waals surface area (Å²) in [4.78, 5) is 13.5. The zero-order valence-electron chi connectivity index (χ0n) is 9.65. The molecule has 0 bridgehead atoms. The van der Waals surface area contributed by atoms with Gasteiger partial charge in [0.15, 0.2) is 0 Å². The lowest BCUT2D eigenvalue weighted by Gasteiger charge is -2.21. The van der Waals surface area contributed by atoms with Gasteiger partial charge >= 0.3 is 0 Å². The van der Waals surface area contributed by atoms with Crippen molar-refractivity contribution < 1.29 is 13.9 Å². The molecule has 5 heteroatoms. The average molecular weight is 238 g/mol. The molecule has 0 saturated heterocycles. The number of hydrogen-bond acceptors (Lipinski definition) is 3. The summed E-state index contributed by atoms with van der Waals surface area (Å²) in [6.07, 6.45) is 0.737. The summed E-state index contributed by atoms with van der Waals surface area (Å²) in [5, 5.41) is 0. The van der Waals surface area contributed by atoms with Gasteiger partial charge in [-0.15, -0.1) is 0 Å². The SMILES string of the molecule is COCC(N)C(=O)N1CCc2ccc(F)cc21. The van der Waals surface area contributed by atoms with Crippen LogP contribution in [0.3, 0.4) is 0 Å². The van der Waals surface area contributed by atoms with Gasteiger partial charge in [0.1, 0.15) is 11.9 Å². The first-order valence-electron chi connectivity index (χ1n) is 5.48. The van der Waals surface area contributed by atoms with Crippen molar-refractivity contribution >= 4 is 11.6 Å². The van der Waals surface area contributed by atoms with Crippen LogP contribution in [0.5, 0.6) is 0 Å². The molecule has 0 radical (unpaired) electrons. The molecule has 1 aliphatic rings. The number of nitrogens with two attached hydrogens (primary N) is 1. The minimum absolute atomic E-state index is 0.167. The number of carbonyl (C=O) groups excluding carboxylic acids is 1. The Labute approximate surface area is 99.2 Å². The Hall–Kier alpha value is -1.46. The Morgan fingerprint density at radius 3 is 3.12 bits per heavy atom. The van der Waals surface area contributed by atoms with Gasteiger partial charge in [-0.05, 0) is 24.1 Å². The van der Waals surface area contributed by atoms with Crippen LogP contribution in [0.15, 0.2) is 18.2 Å². The van der Waals surface area contributed by atoms with Crippen LogP contribution in [0.25, 0.3) is 0 Å². The molecule has 2 N–H and O–H groups in total. The molecule has 1 amide bonds. The third-order valence-electron chi connectivity index (χ3n) is 2.87. The Morgan fingerprint density at radius 2 is 2.41 bits per heavy atom. The molecule has 0 aromatic heterocycles. The summed E-state index contributed by atoms with van der Waals surface area (Å²) >= 11 is 0. The maximum absolute atomic E-state index is 13.2. The molecular weight excluding hydrogens is 223 g/mol. The minimum atomic E-state index is -0.700. The lowest BCUT2D eigenvalue weighted by atomic mass is 10.1. The molecule has 1 unspecified atom stereocenters. The lowest BCUT2D eigenvalue weighted by Crippen LogP contribution is -2.45. The van der Waals surface area contributed by atoms with Crippen molar-refractivity contribution in [1.82, 2.24) is 0 Å². The van der Waals surface area contributed by atoms with E-state index >= 15 is 0 Å². The van der Waals surface area contributed by atoms with Gasteiger partial charge in [-0.25, -0.2) is 4.39 Å². The molecule has 1 aliphatic heterocycles. The number of ether oxygens (including phenoxy) is 1. The number of methoxy groups -OCH3 is 1. The smallest absolute Gasteiger partial charge is 0.246 e.